The van der Waals surface area contributed by atoms with Gasteiger partial charge in [0.15, 0.2) is 0 Å². The molecule has 1 N–H and O–H groups in total. The summed E-state index contributed by atoms with van der Waals surface area (Å²) >= 11 is 0. The number of pyridine rings is 1. The first-order chi connectivity index (χ1) is 18.6. The van der Waals surface area contributed by atoms with Gasteiger partial charge < -0.3 is 19.7 Å². The fourth-order valence-corrected chi connectivity index (χ4v) is 5.24. The number of hydrogen-bond donors (Lipinski definition) is 1. The number of nitrogens with one attached hydrogen (secondary N) is 1. The molecule has 0 amide bonds. The molecule has 0 unspecified atom stereocenters. The molecule has 1 saturated heterocycles. The average Bonchev–Trinajstić information content (AvgIpc) is 2.96. The normalized spacial score (nSPS) is 14.1. The minimum absolute atomic E-state index is 0.00551. The van der Waals surface area contributed by atoms with E-state index in [1.165, 1.54) is 5.69 Å². The van der Waals surface area contributed by atoms with Crippen LogP contribution in [0.4, 0.5) is 17.1 Å². The Balaban J connectivity index is 1.28. The Hall–Kier alpha value is -4.35. The fourth-order valence-electron chi connectivity index (χ4n) is 5.24. The highest BCUT2D eigenvalue weighted by Gasteiger charge is 2.14. The molecule has 1 aliphatic heterocycles. The molecule has 5 aromatic rings. The van der Waals surface area contributed by atoms with Gasteiger partial charge in [-0.1, -0.05) is 60.7 Å². The molecule has 1 aliphatic rings. The standard InChI is InChI=1S/C33H32N4O/c1-35-19-21-36(22-20-35)30-16-14-28(15-17-30)34-29-13-11-26-12-18-33(38)37(32(26)23-29)24-27-9-5-6-10-31(27)25-7-3-2-4-8-25/h2-18,23,34H,19-22,24H2,1H3. The first-order valence-corrected chi connectivity index (χ1v) is 13.2. The van der Waals surface area contributed by atoms with Crippen molar-refractivity contribution < 1.29 is 0 Å². The van der Waals surface area contributed by atoms with Crippen molar-refractivity contribution in [1.82, 2.24) is 9.47 Å². The van der Waals surface area contributed by atoms with Crippen LogP contribution in [0, 0.1) is 0 Å². The van der Waals surface area contributed by atoms with Gasteiger partial charge in [-0.3, -0.25) is 4.79 Å². The molecule has 0 aliphatic carbocycles. The summed E-state index contributed by atoms with van der Waals surface area (Å²) in [5, 5.41) is 4.58. The van der Waals surface area contributed by atoms with E-state index in [1.807, 2.05) is 34.9 Å². The van der Waals surface area contributed by atoms with Crippen molar-refractivity contribution in [2.24, 2.45) is 0 Å². The summed E-state index contributed by atoms with van der Waals surface area (Å²) in [7, 11) is 2.18. The minimum atomic E-state index is -0.00551. The summed E-state index contributed by atoms with van der Waals surface area (Å²) < 4.78 is 1.87. The van der Waals surface area contributed by atoms with Gasteiger partial charge >= 0.3 is 0 Å². The van der Waals surface area contributed by atoms with Gasteiger partial charge in [0.1, 0.15) is 0 Å². The van der Waals surface area contributed by atoms with E-state index in [1.54, 1.807) is 6.07 Å². The van der Waals surface area contributed by atoms with Crippen molar-refractivity contribution in [3.8, 4) is 11.1 Å². The van der Waals surface area contributed by atoms with E-state index < -0.39 is 0 Å². The van der Waals surface area contributed by atoms with Crippen molar-refractivity contribution in [3.05, 3.63) is 125 Å². The second-order valence-corrected chi connectivity index (χ2v) is 10.0. The van der Waals surface area contributed by atoms with Crippen molar-refractivity contribution in [2.45, 2.75) is 6.54 Å². The summed E-state index contributed by atoms with van der Waals surface area (Å²) in [6.07, 6.45) is 0. The largest absolute Gasteiger partial charge is 0.369 e. The molecule has 1 aromatic heterocycles. The number of fused-ring (bicyclic) bond motifs is 1. The van der Waals surface area contributed by atoms with Crippen LogP contribution in [0.5, 0.6) is 0 Å². The number of hydrogen-bond acceptors (Lipinski definition) is 4. The average molecular weight is 501 g/mol. The molecule has 2 heterocycles. The van der Waals surface area contributed by atoms with Crippen molar-refractivity contribution in [3.63, 3.8) is 0 Å². The third-order valence-corrected chi connectivity index (χ3v) is 7.45. The molecular formula is C33H32N4O. The Morgan fingerprint density at radius 2 is 1.39 bits per heavy atom. The molecule has 5 heteroatoms. The molecule has 0 radical (unpaired) electrons. The molecule has 1 fully saturated rings. The third kappa shape index (κ3) is 5.06. The highest BCUT2D eigenvalue weighted by molar-refractivity contribution is 5.84. The summed E-state index contributed by atoms with van der Waals surface area (Å²) in [5.41, 5.74) is 7.57. The minimum Gasteiger partial charge on any atom is -0.369 e. The van der Waals surface area contributed by atoms with Crippen molar-refractivity contribution in [2.75, 3.05) is 43.4 Å². The lowest BCUT2D eigenvalue weighted by molar-refractivity contribution is 0.313. The van der Waals surface area contributed by atoms with E-state index >= 15 is 0 Å². The lowest BCUT2D eigenvalue weighted by atomic mass is 9.99. The Bertz CT molecular complexity index is 1600. The van der Waals surface area contributed by atoms with Crippen LogP contribution in [0.2, 0.25) is 0 Å². The second-order valence-electron chi connectivity index (χ2n) is 10.0. The highest BCUT2D eigenvalue weighted by atomic mass is 16.1. The van der Waals surface area contributed by atoms with E-state index in [4.69, 9.17) is 0 Å². The molecule has 4 aromatic carbocycles. The van der Waals surface area contributed by atoms with Gasteiger partial charge in [-0.05, 0) is 71.6 Å². The van der Waals surface area contributed by atoms with Gasteiger partial charge in [0.2, 0.25) is 0 Å². The fraction of sp³-hybridized carbons (Fsp3) is 0.182. The Morgan fingerprint density at radius 1 is 0.711 bits per heavy atom. The summed E-state index contributed by atoms with van der Waals surface area (Å²) in [6.45, 7) is 4.80. The number of anilines is 3. The number of nitrogens with zero attached hydrogens (tertiary/aromatic N) is 3. The number of aromatic nitrogens is 1. The van der Waals surface area contributed by atoms with E-state index in [9.17, 15) is 4.79 Å². The lowest BCUT2D eigenvalue weighted by Crippen LogP contribution is -2.44. The molecule has 5 nitrogen and oxygen atoms in total. The number of rotatable bonds is 6. The molecule has 6 rings (SSSR count). The van der Waals surface area contributed by atoms with Crippen LogP contribution in [-0.4, -0.2) is 42.7 Å². The molecule has 0 spiro atoms. The third-order valence-electron chi connectivity index (χ3n) is 7.45. The maximum atomic E-state index is 13.1. The number of piperazine rings is 1. The molecule has 0 bridgehead atoms. The van der Waals surface area contributed by atoms with Crippen LogP contribution in [0.1, 0.15) is 5.56 Å². The first kappa shape index (κ1) is 24.0. The SMILES string of the molecule is CN1CCN(c2ccc(Nc3ccc4ccc(=O)n(Cc5ccccc5-c5ccccc5)c4c3)cc2)CC1. The van der Waals surface area contributed by atoms with E-state index in [0.29, 0.717) is 6.54 Å². The van der Waals surface area contributed by atoms with Crippen LogP contribution in [0.25, 0.3) is 22.0 Å². The quantitative estimate of drug-likeness (QED) is 0.301. The maximum absolute atomic E-state index is 13.1. The van der Waals surface area contributed by atoms with Crippen LogP contribution in [-0.2, 0) is 6.54 Å². The van der Waals surface area contributed by atoms with Crippen LogP contribution in [0.15, 0.2) is 114 Å². The van der Waals surface area contributed by atoms with Crippen LogP contribution >= 0.6 is 0 Å². The maximum Gasteiger partial charge on any atom is 0.251 e. The lowest BCUT2D eigenvalue weighted by Gasteiger charge is -2.34. The molecule has 0 atom stereocenters. The molecule has 190 valence electrons. The zero-order valence-corrected chi connectivity index (χ0v) is 21.7. The van der Waals surface area contributed by atoms with Crippen molar-refractivity contribution >= 4 is 28.0 Å². The predicted octanol–water partition coefficient (Wildman–Crippen LogP) is 6.21. The Labute approximate surface area is 223 Å². The van der Waals surface area contributed by atoms with Gasteiger partial charge in [0.25, 0.3) is 5.56 Å². The summed E-state index contributed by atoms with van der Waals surface area (Å²) in [6, 6.07) is 37.1. The van der Waals surface area contributed by atoms with Gasteiger partial charge in [-0.25, -0.2) is 0 Å². The van der Waals surface area contributed by atoms with Crippen molar-refractivity contribution in [1.29, 1.82) is 0 Å². The number of benzene rings is 4. The van der Waals surface area contributed by atoms with Crippen LogP contribution < -0.4 is 15.8 Å². The predicted molar refractivity (Wildman–Crippen MR) is 159 cm³/mol. The first-order valence-electron chi connectivity index (χ1n) is 13.2. The summed E-state index contributed by atoms with van der Waals surface area (Å²) in [4.78, 5) is 17.9. The monoisotopic (exact) mass is 500 g/mol. The van der Waals surface area contributed by atoms with Gasteiger partial charge in [0.05, 0.1) is 12.1 Å². The zero-order valence-electron chi connectivity index (χ0n) is 21.7. The van der Waals surface area contributed by atoms with Gasteiger partial charge in [-0.2, -0.15) is 0 Å². The molecule has 38 heavy (non-hydrogen) atoms. The van der Waals surface area contributed by atoms with Gasteiger partial charge in [-0.15, -0.1) is 0 Å². The van der Waals surface area contributed by atoms with Crippen LogP contribution in [0.3, 0.4) is 0 Å². The van der Waals surface area contributed by atoms with E-state index in [-0.39, 0.29) is 5.56 Å². The second kappa shape index (κ2) is 10.6. The van der Waals surface area contributed by atoms with E-state index in [2.05, 4.69) is 95.0 Å². The Morgan fingerprint density at radius 3 is 2.18 bits per heavy atom. The zero-order chi connectivity index (χ0) is 25.9. The number of likely N-dealkylation sites (N-methyl/N-ethyl adjacent to an activating group) is 1. The van der Waals surface area contributed by atoms with Gasteiger partial charge in [0, 0.05) is 49.3 Å². The topological polar surface area (TPSA) is 40.5 Å². The smallest absolute Gasteiger partial charge is 0.251 e. The highest BCUT2D eigenvalue weighted by Crippen LogP contribution is 2.27. The molecule has 0 saturated carbocycles. The molecular weight excluding hydrogens is 468 g/mol. The Kier molecular flexibility index (Phi) is 6.67. The summed E-state index contributed by atoms with van der Waals surface area (Å²) in [5.74, 6) is 0. The van der Waals surface area contributed by atoms with E-state index in [0.717, 1.165) is 65.1 Å².